The van der Waals surface area contributed by atoms with Crippen molar-refractivity contribution in [2.75, 3.05) is 11.4 Å². The average Bonchev–Trinajstić information content (AvgIpc) is 2.43. The van der Waals surface area contributed by atoms with E-state index in [1.54, 1.807) is 0 Å². The van der Waals surface area contributed by atoms with Crippen molar-refractivity contribution in [2.45, 2.75) is 59.0 Å². The van der Waals surface area contributed by atoms with Crippen LogP contribution in [-0.4, -0.2) is 18.6 Å². The average molecular weight is 309 g/mol. The monoisotopic (exact) mass is 308 g/mol. The number of rotatable bonds is 4. The number of anilines is 1. The molecule has 0 saturated carbocycles. The zero-order chi connectivity index (χ0) is 15.6. The molecule has 0 amide bonds. The highest BCUT2D eigenvalue weighted by Gasteiger charge is 2.30. The second-order valence-electron chi connectivity index (χ2n) is 6.86. The van der Waals surface area contributed by atoms with Crippen LogP contribution in [-0.2, 0) is 6.42 Å². The van der Waals surface area contributed by atoms with Gasteiger partial charge in [0.2, 0.25) is 0 Å². The number of nitrogens with zero attached hydrogens (tertiary/aromatic N) is 1. The maximum absolute atomic E-state index is 6.22. The number of hydrogen-bond acceptors (Lipinski definition) is 2. The minimum atomic E-state index is 0.206. The molecule has 1 aliphatic heterocycles. The molecule has 118 valence electrons. The summed E-state index contributed by atoms with van der Waals surface area (Å²) in [6.45, 7) is 10.3. The first-order valence-electron chi connectivity index (χ1n) is 8.23. The second kappa shape index (κ2) is 7.02. The first-order chi connectivity index (χ1) is 9.92. The minimum absolute atomic E-state index is 0.206. The summed E-state index contributed by atoms with van der Waals surface area (Å²) in [5.41, 5.74) is 8.81. The van der Waals surface area contributed by atoms with Crippen LogP contribution < -0.4 is 10.6 Å². The van der Waals surface area contributed by atoms with Crippen LogP contribution in [0.2, 0.25) is 5.02 Å². The lowest BCUT2D eigenvalue weighted by Crippen LogP contribution is -2.46. The number of benzene rings is 1. The van der Waals surface area contributed by atoms with Crippen molar-refractivity contribution in [1.29, 1.82) is 0 Å². The Hall–Kier alpha value is -0.730. The van der Waals surface area contributed by atoms with Crippen LogP contribution in [0.25, 0.3) is 0 Å². The van der Waals surface area contributed by atoms with Gasteiger partial charge in [-0.1, -0.05) is 32.4 Å². The second-order valence-corrected chi connectivity index (χ2v) is 7.29. The molecule has 1 aromatic carbocycles. The van der Waals surface area contributed by atoms with Gasteiger partial charge in [-0.3, -0.25) is 0 Å². The highest BCUT2D eigenvalue weighted by atomic mass is 35.5. The molecule has 1 heterocycles. The molecule has 2 rings (SSSR count). The Morgan fingerprint density at radius 2 is 2.05 bits per heavy atom. The van der Waals surface area contributed by atoms with Crippen LogP contribution in [0.4, 0.5) is 5.69 Å². The van der Waals surface area contributed by atoms with Gasteiger partial charge in [-0.15, -0.1) is 0 Å². The lowest BCUT2D eigenvalue weighted by molar-refractivity contribution is 0.296. The molecule has 0 radical (unpaired) electrons. The number of halogens is 1. The lowest BCUT2D eigenvalue weighted by Gasteiger charge is -2.43. The zero-order valence-corrected chi connectivity index (χ0v) is 14.5. The van der Waals surface area contributed by atoms with E-state index in [-0.39, 0.29) is 6.04 Å². The number of piperidine rings is 1. The standard InChI is InChI=1S/C18H29ClN2/c1-5-17(20)10-15-9-16(19)6-7-18(15)21-11-12(2)8-13(3)14(21)4/h6-7,9,12-14,17H,5,8,10-11,20H2,1-4H3. The molecule has 1 aromatic rings. The molecule has 0 aliphatic carbocycles. The summed E-state index contributed by atoms with van der Waals surface area (Å²) in [4.78, 5) is 2.56. The van der Waals surface area contributed by atoms with Crippen LogP contribution in [0.5, 0.6) is 0 Å². The largest absolute Gasteiger partial charge is 0.368 e. The molecule has 1 saturated heterocycles. The van der Waals surface area contributed by atoms with Crippen molar-refractivity contribution in [3.05, 3.63) is 28.8 Å². The van der Waals surface area contributed by atoms with Gasteiger partial charge < -0.3 is 10.6 Å². The van der Waals surface area contributed by atoms with Gasteiger partial charge in [0.05, 0.1) is 0 Å². The van der Waals surface area contributed by atoms with Gasteiger partial charge in [0.25, 0.3) is 0 Å². The molecule has 21 heavy (non-hydrogen) atoms. The van der Waals surface area contributed by atoms with Gasteiger partial charge >= 0.3 is 0 Å². The zero-order valence-electron chi connectivity index (χ0n) is 13.8. The fraction of sp³-hybridized carbons (Fsp3) is 0.667. The van der Waals surface area contributed by atoms with E-state index in [1.165, 1.54) is 17.7 Å². The highest BCUT2D eigenvalue weighted by molar-refractivity contribution is 6.30. The number of hydrogen-bond donors (Lipinski definition) is 1. The summed E-state index contributed by atoms with van der Waals surface area (Å²) in [7, 11) is 0. The molecule has 1 fully saturated rings. The molecule has 2 N–H and O–H groups in total. The Morgan fingerprint density at radius 1 is 1.33 bits per heavy atom. The molecule has 2 nitrogen and oxygen atoms in total. The maximum atomic E-state index is 6.22. The summed E-state index contributed by atoms with van der Waals surface area (Å²) < 4.78 is 0. The third-order valence-corrected chi connectivity index (χ3v) is 5.19. The van der Waals surface area contributed by atoms with E-state index in [1.807, 2.05) is 6.07 Å². The Kier molecular flexibility index (Phi) is 5.56. The fourth-order valence-electron chi connectivity index (χ4n) is 3.46. The quantitative estimate of drug-likeness (QED) is 0.888. The Morgan fingerprint density at radius 3 is 2.71 bits per heavy atom. The summed E-state index contributed by atoms with van der Waals surface area (Å²) in [5.74, 6) is 1.46. The van der Waals surface area contributed by atoms with Crippen LogP contribution >= 0.6 is 11.6 Å². The molecule has 1 aliphatic rings. The van der Waals surface area contributed by atoms with Crippen LogP contribution in [0.3, 0.4) is 0 Å². The van der Waals surface area contributed by atoms with Crippen LogP contribution in [0.15, 0.2) is 18.2 Å². The molecule has 4 unspecified atom stereocenters. The summed E-state index contributed by atoms with van der Waals surface area (Å²) >= 11 is 6.22. The van der Waals surface area contributed by atoms with Gasteiger partial charge in [0.1, 0.15) is 0 Å². The molecule has 0 bridgehead atoms. The van der Waals surface area contributed by atoms with E-state index in [0.717, 1.165) is 36.2 Å². The van der Waals surface area contributed by atoms with Crippen molar-refractivity contribution in [1.82, 2.24) is 0 Å². The van der Waals surface area contributed by atoms with E-state index in [0.29, 0.717) is 6.04 Å². The lowest BCUT2D eigenvalue weighted by atomic mass is 9.85. The van der Waals surface area contributed by atoms with E-state index >= 15 is 0 Å². The summed E-state index contributed by atoms with van der Waals surface area (Å²) in [6, 6.07) is 7.06. The van der Waals surface area contributed by atoms with Gasteiger partial charge in [-0.2, -0.15) is 0 Å². The van der Waals surface area contributed by atoms with Crippen molar-refractivity contribution < 1.29 is 0 Å². The third-order valence-electron chi connectivity index (χ3n) is 4.96. The summed E-state index contributed by atoms with van der Waals surface area (Å²) in [5, 5.41) is 0.808. The van der Waals surface area contributed by atoms with Crippen LogP contribution in [0, 0.1) is 11.8 Å². The van der Waals surface area contributed by atoms with Gasteiger partial charge in [0.15, 0.2) is 0 Å². The van der Waals surface area contributed by atoms with Crippen molar-refractivity contribution >= 4 is 17.3 Å². The molecule has 4 atom stereocenters. The molecule has 3 heteroatoms. The molecular weight excluding hydrogens is 280 g/mol. The maximum Gasteiger partial charge on any atom is 0.0410 e. The first-order valence-corrected chi connectivity index (χ1v) is 8.60. The molecular formula is C18H29ClN2. The van der Waals surface area contributed by atoms with E-state index in [9.17, 15) is 0 Å². The number of nitrogens with two attached hydrogens (primary N) is 1. The predicted molar refractivity (Wildman–Crippen MR) is 93.2 cm³/mol. The molecule has 0 aromatic heterocycles. The highest BCUT2D eigenvalue weighted by Crippen LogP contribution is 2.34. The first kappa shape index (κ1) is 16.6. The minimum Gasteiger partial charge on any atom is -0.368 e. The Labute approximate surface area is 134 Å². The Bertz CT molecular complexity index is 474. The molecule has 0 spiro atoms. The van der Waals surface area contributed by atoms with Crippen LogP contribution in [0.1, 0.15) is 46.1 Å². The predicted octanol–water partition coefficient (Wildman–Crippen LogP) is 4.49. The van der Waals surface area contributed by atoms with E-state index in [2.05, 4.69) is 44.7 Å². The third kappa shape index (κ3) is 3.92. The fourth-order valence-corrected chi connectivity index (χ4v) is 3.65. The Balaban J connectivity index is 2.33. The van der Waals surface area contributed by atoms with Gasteiger partial charge in [0, 0.05) is 29.3 Å². The smallest absolute Gasteiger partial charge is 0.0410 e. The normalized spacial score (nSPS) is 27.7. The topological polar surface area (TPSA) is 29.3 Å². The van der Waals surface area contributed by atoms with Crippen molar-refractivity contribution in [2.24, 2.45) is 17.6 Å². The van der Waals surface area contributed by atoms with E-state index in [4.69, 9.17) is 17.3 Å². The van der Waals surface area contributed by atoms with Crippen molar-refractivity contribution in [3.63, 3.8) is 0 Å². The SMILES string of the molecule is CCC(N)Cc1cc(Cl)ccc1N1CC(C)CC(C)C1C. The summed E-state index contributed by atoms with van der Waals surface area (Å²) in [6.07, 6.45) is 3.21. The van der Waals surface area contributed by atoms with E-state index < -0.39 is 0 Å². The van der Waals surface area contributed by atoms with Gasteiger partial charge in [-0.05, 0) is 61.8 Å². The van der Waals surface area contributed by atoms with Crippen molar-refractivity contribution in [3.8, 4) is 0 Å². The van der Waals surface area contributed by atoms with Gasteiger partial charge in [-0.25, -0.2) is 0 Å².